The molecule has 3 aromatic rings. The van der Waals surface area contributed by atoms with Gasteiger partial charge >= 0.3 is 0 Å². The van der Waals surface area contributed by atoms with E-state index in [1.165, 1.54) is 12.1 Å². The fourth-order valence-electron chi connectivity index (χ4n) is 2.10. The van der Waals surface area contributed by atoms with Gasteiger partial charge in [-0.05, 0) is 30.3 Å². The number of fused-ring (bicyclic) bond motifs is 1. The van der Waals surface area contributed by atoms with E-state index >= 15 is 0 Å². The lowest BCUT2D eigenvalue weighted by Crippen LogP contribution is -2.14. The molecule has 0 bridgehead atoms. The first kappa shape index (κ1) is 13.5. The van der Waals surface area contributed by atoms with Crippen molar-refractivity contribution in [3.63, 3.8) is 0 Å². The first-order valence-electron chi connectivity index (χ1n) is 6.18. The van der Waals surface area contributed by atoms with Crippen LogP contribution in [0.4, 0.5) is 4.39 Å². The molecule has 102 valence electrons. The lowest BCUT2D eigenvalue weighted by atomic mass is 10.0. The highest BCUT2D eigenvalue weighted by molar-refractivity contribution is 7.18. The van der Waals surface area contributed by atoms with Gasteiger partial charge in [0.2, 0.25) is 0 Å². The molecule has 2 nitrogen and oxygen atoms in total. The van der Waals surface area contributed by atoms with Gasteiger partial charge in [-0.1, -0.05) is 23.7 Å². The molecule has 0 amide bonds. The minimum Gasteiger partial charge on any atom is -0.324 e. The second-order valence-corrected chi connectivity index (χ2v) is 6.10. The zero-order valence-corrected chi connectivity index (χ0v) is 12.1. The van der Waals surface area contributed by atoms with Gasteiger partial charge in [0.05, 0.1) is 15.2 Å². The average Bonchev–Trinajstić information content (AvgIpc) is 2.83. The second kappa shape index (κ2) is 5.48. The quantitative estimate of drug-likeness (QED) is 0.782. The Kier molecular flexibility index (Phi) is 3.70. The van der Waals surface area contributed by atoms with E-state index in [9.17, 15) is 4.39 Å². The summed E-state index contributed by atoms with van der Waals surface area (Å²) in [5.41, 5.74) is 7.46. The third kappa shape index (κ3) is 2.68. The molecular formula is C15H12ClFN2S. The molecule has 1 aromatic heterocycles. The van der Waals surface area contributed by atoms with E-state index < -0.39 is 6.04 Å². The van der Waals surface area contributed by atoms with E-state index in [0.29, 0.717) is 17.0 Å². The normalized spacial score (nSPS) is 12.8. The van der Waals surface area contributed by atoms with Crippen LogP contribution in [0.25, 0.3) is 10.2 Å². The standard InChI is InChI=1S/C15H12ClFN2S/c16-9-5-6-11(17)10(7-9)12(18)8-15-19-13-3-1-2-4-14(13)20-15/h1-7,12H,8,18H2. The molecule has 0 spiro atoms. The molecule has 0 radical (unpaired) electrons. The van der Waals surface area contributed by atoms with Crippen molar-refractivity contribution in [1.29, 1.82) is 0 Å². The average molecular weight is 307 g/mol. The molecule has 3 rings (SSSR count). The number of hydrogen-bond donors (Lipinski definition) is 1. The van der Waals surface area contributed by atoms with Crippen molar-refractivity contribution in [2.45, 2.75) is 12.5 Å². The summed E-state index contributed by atoms with van der Waals surface area (Å²) in [6.07, 6.45) is 0.497. The molecular weight excluding hydrogens is 295 g/mol. The van der Waals surface area contributed by atoms with E-state index in [2.05, 4.69) is 4.98 Å². The Morgan fingerprint density at radius 3 is 2.85 bits per heavy atom. The van der Waals surface area contributed by atoms with E-state index in [-0.39, 0.29) is 5.82 Å². The van der Waals surface area contributed by atoms with Gasteiger partial charge in [-0.15, -0.1) is 11.3 Å². The number of aromatic nitrogens is 1. The maximum absolute atomic E-state index is 13.8. The lowest BCUT2D eigenvalue weighted by Gasteiger charge is -2.11. The number of para-hydroxylation sites is 1. The number of nitrogens with two attached hydrogens (primary N) is 1. The molecule has 1 heterocycles. The zero-order chi connectivity index (χ0) is 14.1. The minimum absolute atomic E-state index is 0.331. The highest BCUT2D eigenvalue weighted by Crippen LogP contribution is 2.27. The SMILES string of the molecule is NC(Cc1nc2ccccc2s1)c1cc(Cl)ccc1F. The fraction of sp³-hybridized carbons (Fsp3) is 0.133. The van der Waals surface area contributed by atoms with Crippen molar-refractivity contribution in [3.05, 3.63) is 63.9 Å². The molecule has 2 N–H and O–H groups in total. The zero-order valence-electron chi connectivity index (χ0n) is 10.5. The molecule has 0 fully saturated rings. The van der Waals surface area contributed by atoms with Crippen LogP contribution in [0.3, 0.4) is 0 Å². The maximum Gasteiger partial charge on any atom is 0.128 e. The van der Waals surface area contributed by atoms with Gasteiger partial charge in [-0.3, -0.25) is 0 Å². The lowest BCUT2D eigenvalue weighted by molar-refractivity contribution is 0.580. The highest BCUT2D eigenvalue weighted by Gasteiger charge is 2.15. The molecule has 0 saturated heterocycles. The maximum atomic E-state index is 13.8. The fourth-order valence-corrected chi connectivity index (χ4v) is 3.31. The van der Waals surface area contributed by atoms with Crippen LogP contribution in [-0.2, 0) is 6.42 Å². The summed E-state index contributed by atoms with van der Waals surface area (Å²) < 4.78 is 14.9. The predicted molar refractivity (Wildman–Crippen MR) is 81.7 cm³/mol. The topological polar surface area (TPSA) is 38.9 Å². The summed E-state index contributed by atoms with van der Waals surface area (Å²) in [5, 5.41) is 1.39. The summed E-state index contributed by atoms with van der Waals surface area (Å²) in [7, 11) is 0. The molecule has 0 aliphatic carbocycles. The molecule has 0 aliphatic rings. The number of nitrogens with zero attached hydrogens (tertiary/aromatic N) is 1. The first-order chi connectivity index (χ1) is 9.63. The Bertz CT molecular complexity index is 723. The molecule has 0 aliphatic heterocycles. The highest BCUT2D eigenvalue weighted by atomic mass is 35.5. The first-order valence-corrected chi connectivity index (χ1v) is 7.38. The summed E-state index contributed by atoms with van der Waals surface area (Å²) in [6, 6.07) is 11.9. The van der Waals surface area contributed by atoms with Crippen LogP contribution in [-0.4, -0.2) is 4.98 Å². The van der Waals surface area contributed by atoms with E-state index in [1.807, 2.05) is 24.3 Å². The van der Waals surface area contributed by atoms with Gasteiger partial charge in [-0.2, -0.15) is 0 Å². The van der Waals surface area contributed by atoms with Crippen molar-refractivity contribution in [3.8, 4) is 0 Å². The van der Waals surface area contributed by atoms with Crippen LogP contribution in [0.1, 0.15) is 16.6 Å². The van der Waals surface area contributed by atoms with Gasteiger partial charge in [0, 0.05) is 23.0 Å². The van der Waals surface area contributed by atoms with Crippen LogP contribution in [0.15, 0.2) is 42.5 Å². The van der Waals surface area contributed by atoms with Gasteiger partial charge in [0.15, 0.2) is 0 Å². The molecule has 2 aromatic carbocycles. The van der Waals surface area contributed by atoms with Gasteiger partial charge < -0.3 is 5.73 Å². The number of thiazole rings is 1. The van der Waals surface area contributed by atoms with Crippen LogP contribution >= 0.6 is 22.9 Å². The van der Waals surface area contributed by atoms with E-state index in [0.717, 1.165) is 15.2 Å². The van der Waals surface area contributed by atoms with Crippen molar-refractivity contribution < 1.29 is 4.39 Å². The van der Waals surface area contributed by atoms with Crippen LogP contribution in [0.5, 0.6) is 0 Å². The summed E-state index contributed by atoms with van der Waals surface area (Å²) in [4.78, 5) is 4.51. The Balaban J connectivity index is 1.88. The van der Waals surface area contributed by atoms with Crippen molar-refractivity contribution >= 4 is 33.2 Å². The number of rotatable bonds is 3. The van der Waals surface area contributed by atoms with Crippen molar-refractivity contribution in [1.82, 2.24) is 4.98 Å². The molecule has 0 saturated carbocycles. The molecule has 1 unspecified atom stereocenters. The largest absolute Gasteiger partial charge is 0.324 e. The molecule has 1 atom stereocenters. The van der Waals surface area contributed by atoms with Crippen LogP contribution in [0.2, 0.25) is 5.02 Å². The van der Waals surface area contributed by atoms with E-state index in [4.69, 9.17) is 17.3 Å². The number of halogens is 2. The third-order valence-corrected chi connectivity index (χ3v) is 4.38. The summed E-state index contributed by atoms with van der Waals surface area (Å²) in [6.45, 7) is 0. The second-order valence-electron chi connectivity index (χ2n) is 4.55. The molecule has 20 heavy (non-hydrogen) atoms. The minimum atomic E-state index is -0.450. The Morgan fingerprint density at radius 1 is 1.25 bits per heavy atom. The molecule has 5 heteroatoms. The van der Waals surface area contributed by atoms with Gasteiger partial charge in [0.1, 0.15) is 5.82 Å². The van der Waals surface area contributed by atoms with Crippen molar-refractivity contribution in [2.75, 3.05) is 0 Å². The predicted octanol–water partition coefficient (Wildman–Crippen LogP) is 4.33. The smallest absolute Gasteiger partial charge is 0.128 e. The summed E-state index contributed by atoms with van der Waals surface area (Å²) >= 11 is 7.48. The van der Waals surface area contributed by atoms with E-state index in [1.54, 1.807) is 17.4 Å². The van der Waals surface area contributed by atoms with Crippen molar-refractivity contribution in [2.24, 2.45) is 5.73 Å². The van der Waals surface area contributed by atoms with Crippen LogP contribution in [0, 0.1) is 5.82 Å². The van der Waals surface area contributed by atoms with Gasteiger partial charge in [-0.25, -0.2) is 9.37 Å². The third-order valence-electron chi connectivity index (χ3n) is 3.09. The monoisotopic (exact) mass is 306 g/mol. The summed E-state index contributed by atoms with van der Waals surface area (Å²) in [5.74, 6) is -0.331. The number of hydrogen-bond acceptors (Lipinski definition) is 3. The van der Waals surface area contributed by atoms with Crippen LogP contribution < -0.4 is 5.73 Å². The Morgan fingerprint density at radius 2 is 2.05 bits per heavy atom. The Labute approximate surface area is 125 Å². The Hall–Kier alpha value is -1.49. The number of benzene rings is 2. The van der Waals surface area contributed by atoms with Gasteiger partial charge in [0.25, 0.3) is 0 Å².